The first-order valence-corrected chi connectivity index (χ1v) is 12.8. The molecule has 1 saturated carbocycles. The van der Waals surface area contributed by atoms with E-state index in [1.807, 2.05) is 23.4 Å². The first kappa shape index (κ1) is 21.8. The van der Waals surface area contributed by atoms with E-state index in [2.05, 4.69) is 21.4 Å². The number of rotatable bonds is 5. The van der Waals surface area contributed by atoms with Gasteiger partial charge in [-0.1, -0.05) is 6.08 Å². The van der Waals surface area contributed by atoms with Gasteiger partial charge < -0.3 is 25.4 Å². The Morgan fingerprint density at radius 3 is 2.88 bits per heavy atom. The van der Waals surface area contributed by atoms with Gasteiger partial charge in [0.1, 0.15) is 16.8 Å². The number of amides is 1. The van der Waals surface area contributed by atoms with E-state index >= 15 is 0 Å². The molecule has 0 aromatic carbocycles. The Hall–Kier alpha value is -2.75. The van der Waals surface area contributed by atoms with E-state index in [9.17, 15) is 15.0 Å². The fourth-order valence-corrected chi connectivity index (χ4v) is 7.15. The molecular weight excluding hydrogens is 450 g/mol. The van der Waals surface area contributed by atoms with Gasteiger partial charge in [0.05, 0.1) is 28.4 Å². The van der Waals surface area contributed by atoms with Crippen LogP contribution in [-0.4, -0.2) is 67.8 Å². The van der Waals surface area contributed by atoms with Crippen LogP contribution in [0.1, 0.15) is 36.8 Å². The first-order valence-electron chi connectivity index (χ1n) is 12.0. The molecule has 0 bridgehead atoms. The Bertz CT molecular complexity index is 1260. The SMILES string of the molecule is C[C@H](O)C(=O)N1C[C@H]2CC(Nc3c(-c4nc5c(s4)/C(=C/CO)CC5)cnc4[nH]ccc34)C[C@H]2C1. The molecular formula is C25H29N5O3S. The Labute approximate surface area is 201 Å². The summed E-state index contributed by atoms with van der Waals surface area (Å²) in [6.45, 7) is 3.06. The number of carbonyl (C=O) groups is 1. The summed E-state index contributed by atoms with van der Waals surface area (Å²) >= 11 is 1.68. The molecule has 3 aromatic rings. The van der Waals surface area contributed by atoms with Crippen molar-refractivity contribution in [2.45, 2.75) is 44.8 Å². The molecule has 4 atom stereocenters. The number of hydrogen-bond donors (Lipinski definition) is 4. The number of aliphatic hydroxyl groups is 2. The van der Waals surface area contributed by atoms with E-state index in [0.29, 0.717) is 17.9 Å². The number of aromatic amines is 1. The van der Waals surface area contributed by atoms with Gasteiger partial charge in [-0.3, -0.25) is 4.79 Å². The van der Waals surface area contributed by atoms with E-state index < -0.39 is 6.10 Å². The maximum Gasteiger partial charge on any atom is 0.251 e. The summed E-state index contributed by atoms with van der Waals surface area (Å²) in [4.78, 5) is 28.1. The lowest BCUT2D eigenvalue weighted by Crippen LogP contribution is -2.37. The van der Waals surface area contributed by atoms with Crippen LogP contribution >= 0.6 is 11.3 Å². The highest BCUT2D eigenvalue weighted by Gasteiger charge is 2.43. The summed E-state index contributed by atoms with van der Waals surface area (Å²) < 4.78 is 0. The Balaban J connectivity index is 1.27. The van der Waals surface area contributed by atoms with Crippen LogP contribution in [0.4, 0.5) is 5.69 Å². The number of aliphatic hydroxyl groups excluding tert-OH is 2. The third kappa shape index (κ3) is 3.62. The van der Waals surface area contributed by atoms with Crippen LogP contribution in [-0.2, 0) is 11.2 Å². The minimum absolute atomic E-state index is 0.0515. The zero-order chi connectivity index (χ0) is 23.4. The molecule has 34 heavy (non-hydrogen) atoms. The highest BCUT2D eigenvalue weighted by atomic mass is 32.1. The normalized spacial score (nSPS) is 25.8. The molecule has 2 fully saturated rings. The number of carbonyl (C=O) groups excluding carboxylic acids is 1. The second-order valence-corrected chi connectivity index (χ2v) is 10.7. The molecule has 6 rings (SSSR count). The third-order valence-corrected chi connectivity index (χ3v) is 8.75. The number of aromatic nitrogens is 3. The summed E-state index contributed by atoms with van der Waals surface area (Å²) in [7, 11) is 0. The summed E-state index contributed by atoms with van der Waals surface area (Å²) in [5.74, 6) is 0.764. The Morgan fingerprint density at radius 2 is 2.15 bits per heavy atom. The molecule has 2 aliphatic carbocycles. The second kappa shape index (κ2) is 8.48. The predicted molar refractivity (Wildman–Crippen MR) is 132 cm³/mol. The van der Waals surface area contributed by atoms with E-state index in [1.54, 1.807) is 18.3 Å². The van der Waals surface area contributed by atoms with E-state index in [-0.39, 0.29) is 12.5 Å². The number of hydrogen-bond acceptors (Lipinski definition) is 7. The number of nitrogens with one attached hydrogen (secondary N) is 2. The molecule has 178 valence electrons. The number of aryl methyl sites for hydroxylation is 1. The molecule has 1 unspecified atom stereocenters. The van der Waals surface area contributed by atoms with Gasteiger partial charge in [-0.25, -0.2) is 9.97 Å². The van der Waals surface area contributed by atoms with Crippen molar-refractivity contribution in [3.05, 3.63) is 35.1 Å². The minimum Gasteiger partial charge on any atom is -0.392 e. The monoisotopic (exact) mass is 479 g/mol. The van der Waals surface area contributed by atoms with Crippen LogP contribution in [0.2, 0.25) is 0 Å². The van der Waals surface area contributed by atoms with Gasteiger partial charge in [-0.05, 0) is 56.1 Å². The number of pyridine rings is 1. The molecule has 9 heteroatoms. The van der Waals surface area contributed by atoms with Gasteiger partial charge in [0.2, 0.25) is 0 Å². The van der Waals surface area contributed by atoms with Gasteiger partial charge in [-0.15, -0.1) is 11.3 Å². The van der Waals surface area contributed by atoms with Crippen molar-refractivity contribution in [1.29, 1.82) is 0 Å². The number of fused-ring (bicyclic) bond motifs is 3. The molecule has 4 N–H and O–H groups in total. The largest absolute Gasteiger partial charge is 0.392 e. The van der Waals surface area contributed by atoms with Gasteiger partial charge in [0.15, 0.2) is 0 Å². The molecule has 1 saturated heterocycles. The van der Waals surface area contributed by atoms with Crippen LogP contribution in [0.5, 0.6) is 0 Å². The molecule has 3 aliphatic rings. The molecule has 3 aromatic heterocycles. The van der Waals surface area contributed by atoms with Crippen molar-refractivity contribution in [2.24, 2.45) is 11.8 Å². The van der Waals surface area contributed by atoms with Crippen molar-refractivity contribution in [3.8, 4) is 10.6 Å². The zero-order valence-electron chi connectivity index (χ0n) is 19.1. The smallest absolute Gasteiger partial charge is 0.251 e. The second-order valence-electron chi connectivity index (χ2n) is 9.75. The standard InChI is InChI=1S/C25H29N5O3S/c1-13(32)25(33)30-11-15-8-17(9-16(15)12-30)28-21-18-4-6-26-23(18)27-10-19(21)24-29-20-3-2-14(5-7-31)22(20)34-24/h4-6,10,13,15-17,31-32H,2-3,7-9,11-12H2,1H3,(H2,26,27,28)/b14-5+/t13-,15-,16+,17?/m0/s1. The van der Waals surface area contributed by atoms with Crippen molar-refractivity contribution < 1.29 is 15.0 Å². The third-order valence-electron chi connectivity index (χ3n) is 7.54. The summed E-state index contributed by atoms with van der Waals surface area (Å²) in [6.07, 6.45) is 8.63. The van der Waals surface area contributed by atoms with Crippen molar-refractivity contribution in [1.82, 2.24) is 19.9 Å². The average Bonchev–Trinajstić information content (AvgIpc) is 3.60. The number of nitrogens with zero attached hydrogens (tertiary/aromatic N) is 3. The number of allylic oxidation sites excluding steroid dienone is 1. The highest BCUT2D eigenvalue weighted by molar-refractivity contribution is 7.16. The summed E-state index contributed by atoms with van der Waals surface area (Å²) in [6, 6.07) is 2.38. The van der Waals surface area contributed by atoms with Gasteiger partial charge >= 0.3 is 0 Å². The molecule has 4 heterocycles. The van der Waals surface area contributed by atoms with Crippen LogP contribution in [0.15, 0.2) is 24.5 Å². The van der Waals surface area contributed by atoms with Gasteiger partial charge in [0.25, 0.3) is 5.91 Å². The van der Waals surface area contributed by atoms with Crippen molar-refractivity contribution in [3.63, 3.8) is 0 Å². The lowest BCUT2D eigenvalue weighted by atomic mass is 10.0. The lowest BCUT2D eigenvalue weighted by Gasteiger charge is -2.22. The van der Waals surface area contributed by atoms with E-state index in [1.165, 1.54) is 10.5 Å². The van der Waals surface area contributed by atoms with Crippen LogP contribution < -0.4 is 5.32 Å². The predicted octanol–water partition coefficient (Wildman–Crippen LogP) is 3.04. The van der Waals surface area contributed by atoms with Crippen molar-refractivity contribution >= 4 is 39.5 Å². The highest BCUT2D eigenvalue weighted by Crippen LogP contribution is 2.45. The number of likely N-dealkylation sites (tertiary alicyclic amines) is 1. The lowest BCUT2D eigenvalue weighted by molar-refractivity contribution is -0.138. The number of H-pyrrole nitrogens is 1. The quantitative estimate of drug-likeness (QED) is 0.447. The topological polar surface area (TPSA) is 114 Å². The maximum atomic E-state index is 12.2. The average molecular weight is 480 g/mol. The Kier molecular flexibility index (Phi) is 5.43. The minimum atomic E-state index is -0.929. The van der Waals surface area contributed by atoms with Crippen LogP contribution in [0.3, 0.4) is 0 Å². The zero-order valence-corrected chi connectivity index (χ0v) is 19.9. The molecule has 1 amide bonds. The first-order chi connectivity index (χ1) is 16.5. The molecule has 8 nitrogen and oxygen atoms in total. The summed E-state index contributed by atoms with van der Waals surface area (Å²) in [5.41, 5.74) is 5.22. The number of anilines is 1. The Morgan fingerprint density at radius 1 is 1.35 bits per heavy atom. The molecule has 1 aliphatic heterocycles. The fourth-order valence-electron chi connectivity index (χ4n) is 5.95. The van der Waals surface area contributed by atoms with E-state index in [4.69, 9.17) is 4.98 Å². The van der Waals surface area contributed by atoms with Crippen LogP contribution in [0, 0.1) is 11.8 Å². The molecule has 0 spiro atoms. The van der Waals surface area contributed by atoms with Gasteiger partial charge in [-0.2, -0.15) is 0 Å². The maximum absolute atomic E-state index is 12.2. The number of thiazole rings is 1. The van der Waals surface area contributed by atoms with E-state index in [0.717, 1.165) is 71.8 Å². The molecule has 0 radical (unpaired) electrons. The van der Waals surface area contributed by atoms with Crippen LogP contribution in [0.25, 0.3) is 27.2 Å². The van der Waals surface area contributed by atoms with Gasteiger partial charge in [0, 0.05) is 36.9 Å². The summed E-state index contributed by atoms with van der Waals surface area (Å²) in [5, 5.41) is 24.9. The van der Waals surface area contributed by atoms with Crippen molar-refractivity contribution in [2.75, 3.05) is 25.0 Å². The fraction of sp³-hybridized carbons (Fsp3) is 0.480.